The van der Waals surface area contributed by atoms with Gasteiger partial charge in [-0.05, 0) is 51.5 Å². The molecule has 2 heterocycles. The maximum atomic E-state index is 11.3. The van der Waals surface area contributed by atoms with Gasteiger partial charge < -0.3 is 14.9 Å². The van der Waals surface area contributed by atoms with E-state index in [1.165, 1.54) is 4.40 Å². The lowest BCUT2D eigenvalue weighted by Crippen LogP contribution is -1.96. The van der Waals surface area contributed by atoms with Crippen molar-refractivity contribution < 1.29 is 9.66 Å². The maximum absolute atomic E-state index is 11.3. The molecule has 0 atom stereocenters. The van der Waals surface area contributed by atoms with Gasteiger partial charge in [0.15, 0.2) is 0 Å². The largest absolute Gasteiger partial charge is 0.431 e. The second kappa shape index (κ2) is 5.17. The number of nitrogens with zero attached hydrogens (tertiary/aromatic N) is 3. The normalized spacial score (nSPS) is 10.8. The van der Waals surface area contributed by atoms with Gasteiger partial charge in [0, 0.05) is 6.07 Å². The summed E-state index contributed by atoms with van der Waals surface area (Å²) in [5.41, 5.74) is 1.51. The molecule has 0 aliphatic carbocycles. The lowest BCUT2D eigenvalue weighted by Gasteiger charge is -2.05. The van der Waals surface area contributed by atoms with Crippen molar-refractivity contribution in [3.8, 4) is 11.6 Å². The van der Waals surface area contributed by atoms with E-state index in [2.05, 4.69) is 20.9 Å². The van der Waals surface area contributed by atoms with Crippen molar-refractivity contribution in [3.05, 3.63) is 62.7 Å². The summed E-state index contributed by atoms with van der Waals surface area (Å²) < 4.78 is 7.72. The molecule has 1 aromatic carbocycles. The minimum atomic E-state index is -0.503. The van der Waals surface area contributed by atoms with Crippen LogP contribution in [-0.2, 0) is 0 Å². The fraction of sp³-hybridized carbons (Fsp3) is 0.0714. The Morgan fingerprint density at radius 1 is 1.33 bits per heavy atom. The van der Waals surface area contributed by atoms with Crippen LogP contribution in [0.2, 0.25) is 0 Å². The molecule has 3 aromatic rings. The number of nitro groups is 1. The zero-order chi connectivity index (χ0) is 15.0. The third kappa shape index (κ3) is 2.47. The van der Waals surface area contributed by atoms with E-state index in [4.69, 9.17) is 4.74 Å². The van der Waals surface area contributed by atoms with E-state index < -0.39 is 4.92 Å². The SMILES string of the molecule is Cc1ccc(Oc2nc3ccccn3c2[N+](=O)[O-])c(Br)c1. The van der Waals surface area contributed by atoms with E-state index in [0.29, 0.717) is 15.9 Å². The topological polar surface area (TPSA) is 69.7 Å². The molecule has 0 radical (unpaired) electrons. The average Bonchev–Trinajstić information content (AvgIpc) is 2.80. The molecule has 0 saturated heterocycles. The Labute approximate surface area is 128 Å². The van der Waals surface area contributed by atoms with Crippen molar-refractivity contribution >= 4 is 27.4 Å². The summed E-state index contributed by atoms with van der Waals surface area (Å²) in [4.78, 5) is 14.9. The average molecular weight is 348 g/mol. The second-order valence-electron chi connectivity index (χ2n) is 4.46. The maximum Gasteiger partial charge on any atom is 0.392 e. The quantitative estimate of drug-likeness (QED) is 0.528. The number of rotatable bonds is 3. The summed E-state index contributed by atoms with van der Waals surface area (Å²) in [5, 5.41) is 11.3. The molecular formula is C14H10BrN3O3. The zero-order valence-electron chi connectivity index (χ0n) is 11.0. The molecular weight excluding hydrogens is 338 g/mol. The van der Waals surface area contributed by atoms with Gasteiger partial charge in [0.05, 0.1) is 10.7 Å². The van der Waals surface area contributed by atoms with Crippen molar-refractivity contribution in [2.24, 2.45) is 0 Å². The van der Waals surface area contributed by atoms with Crippen LogP contribution in [0.5, 0.6) is 11.6 Å². The van der Waals surface area contributed by atoms with Gasteiger partial charge in [-0.1, -0.05) is 12.1 Å². The minimum absolute atomic E-state index is 0.0317. The molecule has 0 fully saturated rings. The van der Waals surface area contributed by atoms with Crippen molar-refractivity contribution in [1.82, 2.24) is 9.38 Å². The van der Waals surface area contributed by atoms with Crippen LogP contribution in [0.4, 0.5) is 5.82 Å². The van der Waals surface area contributed by atoms with Crippen LogP contribution in [0.25, 0.3) is 5.65 Å². The van der Waals surface area contributed by atoms with Crippen LogP contribution in [0, 0.1) is 17.0 Å². The molecule has 0 unspecified atom stereocenters. The first-order chi connectivity index (χ1) is 10.1. The number of fused-ring (bicyclic) bond motifs is 1. The molecule has 0 saturated carbocycles. The van der Waals surface area contributed by atoms with Crippen LogP contribution in [-0.4, -0.2) is 14.3 Å². The highest BCUT2D eigenvalue weighted by molar-refractivity contribution is 9.10. The predicted molar refractivity (Wildman–Crippen MR) is 80.8 cm³/mol. The van der Waals surface area contributed by atoms with E-state index in [1.807, 2.05) is 19.1 Å². The lowest BCUT2D eigenvalue weighted by atomic mass is 10.2. The Morgan fingerprint density at radius 2 is 2.14 bits per heavy atom. The van der Waals surface area contributed by atoms with Crippen LogP contribution >= 0.6 is 15.9 Å². The Kier molecular flexibility index (Phi) is 3.34. The summed E-state index contributed by atoms with van der Waals surface area (Å²) >= 11 is 3.38. The first-order valence-corrected chi connectivity index (χ1v) is 6.91. The Balaban J connectivity index is 2.12. The molecule has 6 nitrogen and oxygen atoms in total. The number of hydrogen-bond donors (Lipinski definition) is 0. The Hall–Kier alpha value is -2.41. The second-order valence-corrected chi connectivity index (χ2v) is 5.32. The van der Waals surface area contributed by atoms with Gasteiger partial charge in [-0.15, -0.1) is 0 Å². The smallest absolute Gasteiger partial charge is 0.392 e. The predicted octanol–water partition coefficient (Wildman–Crippen LogP) is 4.11. The molecule has 0 spiro atoms. The van der Waals surface area contributed by atoms with Crippen LogP contribution in [0.1, 0.15) is 5.56 Å². The van der Waals surface area contributed by atoms with E-state index in [9.17, 15) is 10.1 Å². The highest BCUT2D eigenvalue weighted by Crippen LogP contribution is 2.35. The van der Waals surface area contributed by atoms with Gasteiger partial charge >= 0.3 is 11.7 Å². The van der Waals surface area contributed by atoms with E-state index in [0.717, 1.165) is 5.56 Å². The van der Waals surface area contributed by atoms with Crippen molar-refractivity contribution in [2.75, 3.05) is 0 Å². The van der Waals surface area contributed by atoms with Crippen LogP contribution in [0.3, 0.4) is 0 Å². The summed E-state index contributed by atoms with van der Waals surface area (Å²) in [7, 11) is 0. The van der Waals surface area contributed by atoms with Gasteiger partial charge in [-0.3, -0.25) is 0 Å². The van der Waals surface area contributed by atoms with Crippen molar-refractivity contribution in [1.29, 1.82) is 0 Å². The molecule has 106 valence electrons. The highest BCUT2D eigenvalue weighted by Gasteiger charge is 2.24. The molecule has 21 heavy (non-hydrogen) atoms. The standard InChI is InChI=1S/C14H10BrN3O3/c1-9-5-6-11(10(15)8-9)21-13-14(18(19)20)17-7-3-2-4-12(17)16-13/h2-8H,1H3. The monoisotopic (exact) mass is 347 g/mol. The number of imidazole rings is 1. The minimum Gasteiger partial charge on any atom is -0.431 e. The number of hydrogen-bond acceptors (Lipinski definition) is 4. The number of pyridine rings is 1. The van der Waals surface area contributed by atoms with E-state index in [1.54, 1.807) is 30.5 Å². The fourth-order valence-electron chi connectivity index (χ4n) is 1.99. The Morgan fingerprint density at radius 3 is 2.86 bits per heavy atom. The molecule has 0 aliphatic rings. The third-order valence-electron chi connectivity index (χ3n) is 2.94. The molecule has 7 heteroatoms. The summed E-state index contributed by atoms with van der Waals surface area (Å²) in [6.07, 6.45) is 1.58. The van der Waals surface area contributed by atoms with Crippen molar-refractivity contribution in [3.63, 3.8) is 0 Å². The number of ether oxygens (including phenoxy) is 1. The molecule has 0 bridgehead atoms. The van der Waals surface area contributed by atoms with Crippen molar-refractivity contribution in [2.45, 2.75) is 6.92 Å². The van der Waals surface area contributed by atoms with Crippen LogP contribution in [0.15, 0.2) is 47.1 Å². The van der Waals surface area contributed by atoms with Gasteiger partial charge in [-0.2, -0.15) is 9.38 Å². The van der Waals surface area contributed by atoms with Gasteiger partial charge in [0.2, 0.25) is 5.65 Å². The first kappa shape index (κ1) is 13.6. The molecule has 0 aliphatic heterocycles. The molecule has 0 N–H and O–H groups in total. The highest BCUT2D eigenvalue weighted by atomic mass is 79.9. The molecule has 2 aromatic heterocycles. The van der Waals surface area contributed by atoms with Gasteiger partial charge in [-0.25, -0.2) is 0 Å². The fourth-order valence-corrected chi connectivity index (χ4v) is 2.56. The number of benzene rings is 1. The first-order valence-electron chi connectivity index (χ1n) is 6.12. The van der Waals surface area contributed by atoms with E-state index >= 15 is 0 Å². The number of halogens is 1. The molecule has 0 amide bonds. The van der Waals surface area contributed by atoms with Gasteiger partial charge in [0.25, 0.3) is 0 Å². The summed E-state index contributed by atoms with van der Waals surface area (Å²) in [6.45, 7) is 1.95. The number of aryl methyl sites for hydroxylation is 1. The Bertz CT molecular complexity index is 845. The van der Waals surface area contributed by atoms with Gasteiger partial charge in [0.1, 0.15) is 5.75 Å². The summed E-state index contributed by atoms with van der Waals surface area (Å²) in [5.74, 6) is 0.251. The zero-order valence-corrected chi connectivity index (χ0v) is 12.6. The molecule has 3 rings (SSSR count). The van der Waals surface area contributed by atoms with Crippen LogP contribution < -0.4 is 4.74 Å². The number of aromatic nitrogens is 2. The van der Waals surface area contributed by atoms with E-state index in [-0.39, 0.29) is 11.7 Å². The lowest BCUT2D eigenvalue weighted by molar-refractivity contribution is -0.391. The summed E-state index contributed by atoms with van der Waals surface area (Å²) in [6, 6.07) is 10.6. The third-order valence-corrected chi connectivity index (χ3v) is 3.56.